The summed E-state index contributed by atoms with van der Waals surface area (Å²) in [5.41, 5.74) is -2.65. The first kappa shape index (κ1) is 22.6. The van der Waals surface area contributed by atoms with Gasteiger partial charge in [0, 0.05) is 11.9 Å². The molecule has 0 fully saturated rings. The number of carbonyl (C=O) groups is 1. The van der Waals surface area contributed by atoms with E-state index in [4.69, 9.17) is 9.57 Å². The molecule has 31 heavy (non-hydrogen) atoms. The van der Waals surface area contributed by atoms with Gasteiger partial charge in [0.05, 0.1) is 35.1 Å². The normalized spacial score (nSPS) is 11.9. The second-order valence-electron chi connectivity index (χ2n) is 6.20. The van der Waals surface area contributed by atoms with Gasteiger partial charge in [-0.2, -0.15) is 13.2 Å². The van der Waals surface area contributed by atoms with Crippen molar-refractivity contribution in [2.24, 2.45) is 12.2 Å². The summed E-state index contributed by atoms with van der Waals surface area (Å²) >= 11 is -0.215. The summed E-state index contributed by atoms with van der Waals surface area (Å²) in [6.07, 6.45) is 1.39. The summed E-state index contributed by atoms with van der Waals surface area (Å²) in [6.45, 7) is 4.02. The Morgan fingerprint density at radius 3 is 2.65 bits per heavy atom. The van der Waals surface area contributed by atoms with E-state index in [-0.39, 0.29) is 34.5 Å². The molecule has 3 aromatic rings. The van der Waals surface area contributed by atoms with Crippen LogP contribution in [-0.2, 0) is 16.6 Å². The molecule has 164 valence electrons. The number of carbonyl (C=O) groups excluding carboxylic acids is 1. The largest absolute Gasteiger partial charge is 0.462 e. The fourth-order valence-corrected chi connectivity index (χ4v) is 3.42. The third-order valence-electron chi connectivity index (χ3n) is 4.10. The lowest BCUT2D eigenvalue weighted by molar-refractivity contribution is -0.0328. The Labute approximate surface area is 180 Å². The third-order valence-corrected chi connectivity index (χ3v) is 4.82. The van der Waals surface area contributed by atoms with Gasteiger partial charge >= 0.3 is 11.5 Å². The zero-order chi connectivity index (χ0) is 22.6. The average molecular weight is 452 g/mol. The van der Waals surface area contributed by atoms with Gasteiger partial charge in [-0.3, -0.25) is 0 Å². The van der Waals surface area contributed by atoms with Gasteiger partial charge in [-0.15, -0.1) is 0 Å². The van der Waals surface area contributed by atoms with Crippen molar-refractivity contribution in [3.8, 4) is 11.5 Å². The lowest BCUT2D eigenvalue weighted by Crippen LogP contribution is -2.10. The number of pyridine rings is 1. The van der Waals surface area contributed by atoms with Crippen LogP contribution >= 0.6 is 11.8 Å². The van der Waals surface area contributed by atoms with Gasteiger partial charge in [0.2, 0.25) is 0 Å². The highest BCUT2D eigenvalue weighted by Gasteiger charge is 2.29. The molecule has 0 saturated heterocycles. The van der Waals surface area contributed by atoms with Crippen LogP contribution in [0.2, 0.25) is 0 Å². The van der Waals surface area contributed by atoms with Crippen molar-refractivity contribution in [1.82, 2.24) is 14.5 Å². The molecule has 0 atom stereocenters. The summed E-state index contributed by atoms with van der Waals surface area (Å²) in [7, 11) is 1.69. The van der Waals surface area contributed by atoms with Crippen molar-refractivity contribution in [1.29, 1.82) is 0 Å². The van der Waals surface area contributed by atoms with E-state index in [2.05, 4.69) is 15.1 Å². The molecule has 11 heteroatoms. The first-order chi connectivity index (χ1) is 14.7. The highest BCUT2D eigenvalue weighted by atomic mass is 32.2. The predicted molar refractivity (Wildman–Crippen MR) is 111 cm³/mol. The summed E-state index contributed by atoms with van der Waals surface area (Å²) in [4.78, 5) is 26.3. The Bertz CT molecular complexity index is 1130. The van der Waals surface area contributed by atoms with Gasteiger partial charge in [0.1, 0.15) is 12.3 Å². The van der Waals surface area contributed by atoms with Gasteiger partial charge < -0.3 is 14.1 Å². The molecule has 0 saturated carbocycles. The van der Waals surface area contributed by atoms with Crippen LogP contribution in [0, 0.1) is 0 Å². The van der Waals surface area contributed by atoms with Gasteiger partial charge in [-0.25, -0.2) is 14.8 Å². The molecular weight excluding hydrogens is 433 g/mol. The zero-order valence-electron chi connectivity index (χ0n) is 16.9. The number of rotatable bonds is 7. The van der Waals surface area contributed by atoms with Crippen molar-refractivity contribution >= 4 is 35.0 Å². The van der Waals surface area contributed by atoms with Crippen LogP contribution in [0.25, 0.3) is 22.6 Å². The number of imidazole rings is 1. The Morgan fingerprint density at radius 1 is 1.19 bits per heavy atom. The minimum atomic E-state index is -4.40. The number of aryl methyl sites for hydroxylation is 1. The van der Waals surface area contributed by atoms with E-state index >= 15 is 0 Å². The molecule has 0 aliphatic carbocycles. The summed E-state index contributed by atoms with van der Waals surface area (Å²) in [6, 6.07) is 7.39. The van der Waals surface area contributed by atoms with Crippen molar-refractivity contribution < 1.29 is 27.5 Å². The van der Waals surface area contributed by atoms with E-state index < -0.39 is 11.5 Å². The van der Waals surface area contributed by atoms with Crippen molar-refractivity contribution in [3.63, 3.8) is 0 Å². The maximum Gasteiger partial charge on any atom is 0.446 e. The standard InChI is InChI=1S/C20H19F3N4O3S/c1-4-29-19(28)14-8-6-12(11-24-30-5-2)25-17(14)18-26-15-10-13(31-20(21,22)23)7-9-16(15)27(18)3/h6-11H,4-5H2,1-3H3. The van der Waals surface area contributed by atoms with E-state index in [0.717, 1.165) is 0 Å². The number of hydrogen-bond acceptors (Lipinski definition) is 7. The molecule has 0 aliphatic rings. The Balaban J connectivity index is 2.13. The second-order valence-corrected chi connectivity index (χ2v) is 7.34. The lowest BCUT2D eigenvalue weighted by atomic mass is 10.1. The van der Waals surface area contributed by atoms with E-state index in [1.54, 1.807) is 37.6 Å². The number of alkyl halides is 3. The third kappa shape index (κ3) is 5.35. The number of esters is 1. The maximum absolute atomic E-state index is 12.7. The van der Waals surface area contributed by atoms with Gasteiger partial charge in [-0.1, -0.05) is 5.16 Å². The highest BCUT2D eigenvalue weighted by Crippen LogP contribution is 2.38. The van der Waals surface area contributed by atoms with Gasteiger partial charge in [0.15, 0.2) is 5.82 Å². The van der Waals surface area contributed by atoms with Crippen LogP contribution in [0.5, 0.6) is 0 Å². The number of fused-ring (bicyclic) bond motifs is 1. The number of ether oxygens (including phenoxy) is 1. The maximum atomic E-state index is 12.7. The van der Waals surface area contributed by atoms with Crippen LogP contribution in [-0.4, -0.2) is 45.4 Å². The molecule has 0 amide bonds. The number of oxime groups is 1. The van der Waals surface area contributed by atoms with E-state index in [1.165, 1.54) is 24.4 Å². The number of hydrogen-bond donors (Lipinski definition) is 0. The van der Waals surface area contributed by atoms with Crippen molar-refractivity contribution in [2.45, 2.75) is 24.3 Å². The van der Waals surface area contributed by atoms with E-state index in [1.807, 2.05) is 0 Å². The predicted octanol–water partition coefficient (Wildman–Crippen LogP) is 4.79. The summed E-state index contributed by atoms with van der Waals surface area (Å²) in [5, 5.41) is 3.78. The first-order valence-corrected chi connectivity index (χ1v) is 10.1. The minimum absolute atomic E-state index is 0.0147. The molecule has 2 heterocycles. The smallest absolute Gasteiger partial charge is 0.446 e. The fourth-order valence-electron chi connectivity index (χ4n) is 2.84. The molecule has 0 aliphatic heterocycles. The molecule has 0 spiro atoms. The number of halogens is 3. The molecule has 0 N–H and O–H groups in total. The van der Waals surface area contributed by atoms with Crippen LogP contribution in [0.15, 0.2) is 40.4 Å². The van der Waals surface area contributed by atoms with Crippen LogP contribution < -0.4 is 0 Å². The van der Waals surface area contributed by atoms with Crippen LogP contribution in [0.1, 0.15) is 29.9 Å². The van der Waals surface area contributed by atoms with Gasteiger partial charge in [0.25, 0.3) is 0 Å². The molecule has 7 nitrogen and oxygen atoms in total. The first-order valence-electron chi connectivity index (χ1n) is 9.29. The minimum Gasteiger partial charge on any atom is -0.462 e. The summed E-state index contributed by atoms with van der Waals surface area (Å²) < 4.78 is 45.0. The Kier molecular flexibility index (Phi) is 6.84. The quantitative estimate of drug-likeness (QED) is 0.222. The molecule has 0 unspecified atom stereocenters. The van der Waals surface area contributed by atoms with E-state index in [0.29, 0.717) is 29.2 Å². The van der Waals surface area contributed by atoms with Crippen LogP contribution in [0.3, 0.4) is 0 Å². The van der Waals surface area contributed by atoms with Crippen LogP contribution in [0.4, 0.5) is 13.2 Å². The SMILES string of the molecule is CCON=Cc1ccc(C(=O)OCC)c(-c2nc3cc(SC(F)(F)F)ccc3n2C)n1. The van der Waals surface area contributed by atoms with Gasteiger partial charge in [-0.05, 0) is 55.9 Å². The average Bonchev–Trinajstić information content (AvgIpc) is 3.03. The van der Waals surface area contributed by atoms with Crippen molar-refractivity contribution in [2.75, 3.05) is 13.2 Å². The van der Waals surface area contributed by atoms with Crippen molar-refractivity contribution in [3.05, 3.63) is 41.6 Å². The molecule has 0 radical (unpaired) electrons. The molecule has 2 aromatic heterocycles. The molecule has 0 bridgehead atoms. The number of nitrogens with zero attached hydrogens (tertiary/aromatic N) is 4. The topological polar surface area (TPSA) is 78.6 Å². The number of aromatic nitrogens is 3. The zero-order valence-corrected chi connectivity index (χ0v) is 17.8. The second kappa shape index (κ2) is 9.38. The fraction of sp³-hybridized carbons (Fsp3) is 0.300. The molecule has 3 rings (SSSR count). The lowest BCUT2D eigenvalue weighted by Gasteiger charge is -2.09. The Hall–Kier alpha value is -3.08. The highest BCUT2D eigenvalue weighted by molar-refractivity contribution is 8.00. The number of thioether (sulfide) groups is 1. The molecule has 1 aromatic carbocycles. The molecular formula is C20H19F3N4O3S. The summed E-state index contributed by atoms with van der Waals surface area (Å²) in [5.74, 6) is -0.280. The number of benzene rings is 1. The van der Waals surface area contributed by atoms with E-state index in [9.17, 15) is 18.0 Å². The monoisotopic (exact) mass is 452 g/mol. The Morgan fingerprint density at radius 2 is 1.97 bits per heavy atom.